The quantitative estimate of drug-likeness (QED) is 0.661. The molecule has 26 heavy (non-hydrogen) atoms. The molecule has 0 saturated heterocycles. The van der Waals surface area contributed by atoms with Crippen molar-refractivity contribution in [3.8, 4) is 11.5 Å². The smallest absolute Gasteiger partial charge is 0.387 e. The number of phenolic OH excluding ortho intramolecular Hbond substituents is 1. The van der Waals surface area contributed by atoms with Crippen LogP contribution in [0.5, 0.6) is 11.5 Å². The molecule has 3 rings (SSSR count). The van der Waals surface area contributed by atoms with Gasteiger partial charge in [0.25, 0.3) is 0 Å². The second-order valence-electron chi connectivity index (χ2n) is 6.10. The van der Waals surface area contributed by atoms with E-state index in [1.54, 1.807) is 24.3 Å². The summed E-state index contributed by atoms with van der Waals surface area (Å²) >= 11 is 0. The summed E-state index contributed by atoms with van der Waals surface area (Å²) in [6, 6.07) is 12.6. The third-order valence-electron chi connectivity index (χ3n) is 3.96. The Morgan fingerprint density at radius 2 is 1.85 bits per heavy atom. The molecule has 0 amide bonds. The van der Waals surface area contributed by atoms with Gasteiger partial charge in [-0.25, -0.2) is 4.79 Å². The van der Waals surface area contributed by atoms with E-state index >= 15 is 0 Å². The van der Waals surface area contributed by atoms with Gasteiger partial charge in [-0.15, -0.1) is 0 Å². The van der Waals surface area contributed by atoms with Crippen LogP contribution in [-0.2, 0) is 13.1 Å². The maximum atomic E-state index is 12.2. The number of alkyl halides is 2. The molecule has 0 aliphatic carbocycles. The first-order valence-electron chi connectivity index (χ1n) is 8.01. The number of benzene rings is 2. The molecule has 0 fully saturated rings. The lowest BCUT2D eigenvalue weighted by molar-refractivity contribution is -0.907. The van der Waals surface area contributed by atoms with Gasteiger partial charge in [-0.1, -0.05) is 0 Å². The monoisotopic (exact) mass is 362 g/mol. The number of rotatable bonds is 6. The fourth-order valence-electron chi connectivity index (χ4n) is 2.89. The number of fused-ring (bicyclic) bond motifs is 1. The number of hydrogen-bond acceptors (Lipinski definition) is 4. The lowest BCUT2D eigenvalue weighted by Crippen LogP contribution is -3.06. The summed E-state index contributed by atoms with van der Waals surface area (Å²) in [5.74, 6) is 0.150. The summed E-state index contributed by atoms with van der Waals surface area (Å²) in [7, 11) is 1.96. The minimum atomic E-state index is -2.84. The molecule has 0 saturated carbocycles. The summed E-state index contributed by atoms with van der Waals surface area (Å²) in [5, 5.41) is 10.3. The molecular weight excluding hydrogens is 344 g/mol. The van der Waals surface area contributed by atoms with Crippen molar-refractivity contribution in [2.45, 2.75) is 19.7 Å². The third kappa shape index (κ3) is 4.37. The Hall–Kier alpha value is -2.93. The highest BCUT2D eigenvalue weighted by Crippen LogP contribution is 2.21. The SMILES string of the molecule is C[NH+](Cc1ccc(OC(F)F)cc1)Cc1cc(=O)oc2cc(O)ccc12. The fourth-order valence-corrected chi connectivity index (χ4v) is 2.89. The molecule has 0 aliphatic heterocycles. The van der Waals surface area contributed by atoms with E-state index in [1.807, 2.05) is 7.05 Å². The van der Waals surface area contributed by atoms with Crippen LogP contribution in [0.25, 0.3) is 11.0 Å². The molecule has 0 aliphatic rings. The van der Waals surface area contributed by atoms with Crippen LogP contribution in [0, 0.1) is 0 Å². The molecule has 1 atom stereocenters. The third-order valence-corrected chi connectivity index (χ3v) is 3.96. The maximum absolute atomic E-state index is 12.2. The summed E-state index contributed by atoms with van der Waals surface area (Å²) < 4.78 is 33.8. The first kappa shape index (κ1) is 17.9. The van der Waals surface area contributed by atoms with Gasteiger partial charge in [0.15, 0.2) is 0 Å². The van der Waals surface area contributed by atoms with Gasteiger partial charge in [0, 0.05) is 28.6 Å². The van der Waals surface area contributed by atoms with Crippen molar-refractivity contribution in [3.05, 3.63) is 70.1 Å². The molecule has 0 spiro atoms. The van der Waals surface area contributed by atoms with E-state index in [1.165, 1.54) is 24.3 Å². The number of hydrogen-bond donors (Lipinski definition) is 2. The molecule has 7 heteroatoms. The van der Waals surface area contributed by atoms with E-state index in [9.17, 15) is 18.7 Å². The van der Waals surface area contributed by atoms with Crippen LogP contribution in [0.2, 0.25) is 0 Å². The van der Waals surface area contributed by atoms with E-state index < -0.39 is 12.2 Å². The largest absolute Gasteiger partial charge is 0.508 e. The molecule has 2 N–H and O–H groups in total. The zero-order valence-corrected chi connectivity index (χ0v) is 14.0. The van der Waals surface area contributed by atoms with Crippen molar-refractivity contribution < 1.29 is 27.9 Å². The first-order valence-corrected chi connectivity index (χ1v) is 8.01. The average Bonchev–Trinajstić information content (AvgIpc) is 2.55. The average molecular weight is 362 g/mol. The number of nitrogens with one attached hydrogen (secondary N) is 1. The molecule has 0 radical (unpaired) electrons. The molecule has 0 bridgehead atoms. The van der Waals surface area contributed by atoms with Crippen LogP contribution in [0.3, 0.4) is 0 Å². The Kier molecular flexibility index (Phi) is 5.18. The van der Waals surface area contributed by atoms with E-state index in [2.05, 4.69) is 4.74 Å². The minimum Gasteiger partial charge on any atom is -0.508 e. The Balaban J connectivity index is 1.75. The molecule has 3 aromatic rings. The van der Waals surface area contributed by atoms with Crippen LogP contribution in [0.1, 0.15) is 11.1 Å². The molecule has 136 valence electrons. The predicted molar refractivity (Wildman–Crippen MR) is 91.5 cm³/mol. The zero-order chi connectivity index (χ0) is 18.7. The number of ether oxygens (including phenoxy) is 1. The minimum absolute atomic E-state index is 0.0320. The van der Waals surface area contributed by atoms with Gasteiger partial charge in [-0.2, -0.15) is 8.78 Å². The normalized spacial score (nSPS) is 12.5. The highest BCUT2D eigenvalue weighted by Gasteiger charge is 2.12. The van der Waals surface area contributed by atoms with Gasteiger partial charge < -0.3 is 19.2 Å². The van der Waals surface area contributed by atoms with E-state index in [-0.39, 0.29) is 11.5 Å². The Morgan fingerprint density at radius 1 is 1.12 bits per heavy atom. The second-order valence-corrected chi connectivity index (χ2v) is 6.10. The van der Waals surface area contributed by atoms with Gasteiger partial charge in [0.05, 0.1) is 7.05 Å². The maximum Gasteiger partial charge on any atom is 0.387 e. The van der Waals surface area contributed by atoms with Crippen LogP contribution in [-0.4, -0.2) is 18.8 Å². The summed E-state index contributed by atoms with van der Waals surface area (Å²) in [6.07, 6.45) is 0. The molecule has 1 aromatic heterocycles. The van der Waals surface area contributed by atoms with Crippen molar-refractivity contribution in [1.29, 1.82) is 0 Å². The Labute approximate surface area is 148 Å². The highest BCUT2D eigenvalue weighted by atomic mass is 19.3. The molecule has 1 unspecified atom stereocenters. The van der Waals surface area contributed by atoms with Crippen molar-refractivity contribution >= 4 is 11.0 Å². The summed E-state index contributed by atoms with van der Waals surface area (Å²) in [5.41, 5.74) is 1.63. The number of aromatic hydroxyl groups is 1. The van der Waals surface area contributed by atoms with Gasteiger partial charge >= 0.3 is 12.2 Å². The van der Waals surface area contributed by atoms with Crippen molar-refractivity contribution in [2.75, 3.05) is 7.05 Å². The van der Waals surface area contributed by atoms with E-state index in [4.69, 9.17) is 4.42 Å². The van der Waals surface area contributed by atoms with Crippen molar-refractivity contribution in [1.82, 2.24) is 0 Å². The van der Waals surface area contributed by atoms with Crippen LogP contribution < -0.4 is 15.3 Å². The Bertz CT molecular complexity index is 954. The zero-order valence-electron chi connectivity index (χ0n) is 14.0. The van der Waals surface area contributed by atoms with E-state index in [0.29, 0.717) is 18.7 Å². The summed E-state index contributed by atoms with van der Waals surface area (Å²) in [6.45, 7) is -1.65. The van der Waals surface area contributed by atoms with Gasteiger partial charge in [-0.05, 0) is 36.4 Å². The molecule has 5 nitrogen and oxygen atoms in total. The fraction of sp³-hybridized carbons (Fsp3) is 0.211. The van der Waals surface area contributed by atoms with Crippen LogP contribution >= 0.6 is 0 Å². The van der Waals surface area contributed by atoms with Gasteiger partial charge in [-0.3, -0.25) is 0 Å². The lowest BCUT2D eigenvalue weighted by Gasteiger charge is -2.15. The Morgan fingerprint density at radius 3 is 2.54 bits per heavy atom. The highest BCUT2D eigenvalue weighted by molar-refractivity contribution is 5.81. The van der Waals surface area contributed by atoms with Crippen molar-refractivity contribution in [3.63, 3.8) is 0 Å². The van der Waals surface area contributed by atoms with Gasteiger partial charge in [0.2, 0.25) is 0 Å². The lowest BCUT2D eigenvalue weighted by atomic mass is 10.1. The second kappa shape index (κ2) is 7.53. The van der Waals surface area contributed by atoms with E-state index in [0.717, 1.165) is 21.4 Å². The number of phenols is 1. The van der Waals surface area contributed by atoms with Crippen molar-refractivity contribution in [2.24, 2.45) is 0 Å². The van der Waals surface area contributed by atoms with Crippen LogP contribution in [0.4, 0.5) is 8.78 Å². The summed E-state index contributed by atoms with van der Waals surface area (Å²) in [4.78, 5) is 12.8. The standard InChI is InChI=1S/C19H17F2NO4/c1-22(10-12-2-5-15(6-3-12)25-19(20)21)11-13-8-18(24)26-17-9-14(23)4-7-16(13)17/h2-9,19,23H,10-11H2,1H3/p+1. The topological polar surface area (TPSA) is 64.1 Å². The van der Waals surface area contributed by atoms with Gasteiger partial charge in [0.1, 0.15) is 30.2 Å². The number of quaternary nitrogens is 1. The molecular formula is C19H18F2NO4+. The molecule has 2 aromatic carbocycles. The van der Waals surface area contributed by atoms with Crippen LogP contribution in [0.15, 0.2) is 57.7 Å². The number of halogens is 2. The molecule has 1 heterocycles. The first-order chi connectivity index (χ1) is 12.4. The predicted octanol–water partition coefficient (Wildman–Crippen LogP) is 2.31.